The number of amides is 1. The summed E-state index contributed by atoms with van der Waals surface area (Å²) in [7, 11) is 1.54. The number of nitrogens with one attached hydrogen (secondary N) is 1. The van der Waals surface area contributed by atoms with Crippen molar-refractivity contribution in [2.75, 3.05) is 25.6 Å². The van der Waals surface area contributed by atoms with Crippen molar-refractivity contribution in [3.8, 4) is 11.5 Å². The number of thioether (sulfide) groups is 1. The van der Waals surface area contributed by atoms with Crippen molar-refractivity contribution >= 4 is 34.5 Å². The Hall–Kier alpha value is -3.72. The molecule has 8 nitrogen and oxygen atoms in total. The lowest BCUT2D eigenvalue weighted by molar-refractivity contribution is -0.139. The van der Waals surface area contributed by atoms with Gasteiger partial charge >= 0.3 is 5.97 Å². The Morgan fingerprint density at radius 1 is 1.14 bits per heavy atom. The van der Waals surface area contributed by atoms with Crippen LogP contribution in [0.2, 0.25) is 0 Å². The zero-order valence-electron chi connectivity index (χ0n) is 21.0. The van der Waals surface area contributed by atoms with E-state index in [0.717, 1.165) is 27.5 Å². The molecule has 4 rings (SSSR count). The van der Waals surface area contributed by atoms with Crippen LogP contribution in [0, 0.1) is 13.8 Å². The van der Waals surface area contributed by atoms with E-state index in [0.29, 0.717) is 22.8 Å². The molecule has 2 heterocycles. The number of esters is 1. The Bertz CT molecular complexity index is 1280. The number of ether oxygens (including phenoxy) is 3. The largest absolute Gasteiger partial charge is 0.493 e. The van der Waals surface area contributed by atoms with Gasteiger partial charge in [-0.1, -0.05) is 30.0 Å². The molecule has 2 aromatic carbocycles. The van der Waals surface area contributed by atoms with Crippen LogP contribution in [0.4, 0.5) is 5.69 Å². The predicted octanol–water partition coefficient (Wildman–Crippen LogP) is 5.10. The molecule has 2 aliphatic rings. The zero-order chi connectivity index (χ0) is 25.8. The van der Waals surface area contributed by atoms with E-state index in [-0.39, 0.29) is 19.1 Å². The molecular weight excluding hydrogens is 478 g/mol. The Kier molecular flexibility index (Phi) is 7.69. The van der Waals surface area contributed by atoms with Gasteiger partial charge in [-0.2, -0.15) is 0 Å². The van der Waals surface area contributed by atoms with Gasteiger partial charge in [-0.15, -0.1) is 0 Å². The number of allylic oxidation sites excluding steroid dienone is 1. The van der Waals surface area contributed by atoms with Crippen LogP contribution in [0.1, 0.15) is 36.6 Å². The van der Waals surface area contributed by atoms with Crippen molar-refractivity contribution in [2.45, 2.75) is 33.7 Å². The van der Waals surface area contributed by atoms with Gasteiger partial charge in [-0.05, 0) is 68.0 Å². The first kappa shape index (κ1) is 25.4. The maximum atomic E-state index is 12.9. The maximum Gasteiger partial charge on any atom is 0.338 e. The molecule has 0 aliphatic carbocycles. The summed E-state index contributed by atoms with van der Waals surface area (Å²) in [5.41, 5.74) is 4.75. The SMILES string of the molecule is CCOC(=O)C1=C(C)N=C2SC=CN2[C@H]1c1ccc(OCC(=O)Nc2cccc(C)c2C)c(OC)c1. The van der Waals surface area contributed by atoms with Crippen molar-refractivity contribution in [2.24, 2.45) is 4.99 Å². The fraction of sp³-hybridized carbons (Fsp3) is 0.296. The molecule has 0 bridgehead atoms. The highest BCUT2D eigenvalue weighted by atomic mass is 32.2. The molecule has 188 valence electrons. The number of benzene rings is 2. The van der Waals surface area contributed by atoms with Gasteiger partial charge in [0.05, 0.1) is 31.0 Å². The van der Waals surface area contributed by atoms with Gasteiger partial charge in [0, 0.05) is 11.9 Å². The summed E-state index contributed by atoms with van der Waals surface area (Å²) in [5.74, 6) is 0.195. The van der Waals surface area contributed by atoms with Crippen LogP contribution in [0.25, 0.3) is 0 Å². The molecule has 0 aromatic heterocycles. The number of methoxy groups -OCH3 is 1. The van der Waals surface area contributed by atoms with Crippen molar-refractivity contribution < 1.29 is 23.8 Å². The number of carbonyl (C=O) groups is 2. The van der Waals surface area contributed by atoms with E-state index in [2.05, 4.69) is 10.3 Å². The third kappa shape index (κ3) is 5.11. The standard InChI is InChI=1S/C27H29N3O5S/c1-6-34-26(32)24-18(4)28-27-30(12-13-36-27)25(24)19-10-11-21(22(14-19)33-5)35-15-23(31)29-20-9-7-8-16(2)17(20)3/h7-14,25H,6,15H2,1-5H3,(H,29,31)/t25-/m0/s1. The van der Waals surface area contributed by atoms with Crippen LogP contribution in [0.15, 0.2) is 64.3 Å². The van der Waals surface area contributed by atoms with Gasteiger partial charge in [-0.3, -0.25) is 4.79 Å². The van der Waals surface area contributed by atoms with E-state index in [1.165, 1.54) is 18.9 Å². The van der Waals surface area contributed by atoms with Gasteiger partial charge in [0.25, 0.3) is 5.91 Å². The lowest BCUT2D eigenvalue weighted by atomic mass is 9.94. The smallest absolute Gasteiger partial charge is 0.338 e. The Labute approximate surface area is 215 Å². The molecule has 2 aliphatic heterocycles. The average molecular weight is 508 g/mol. The molecular formula is C27H29N3O5S. The molecule has 0 saturated carbocycles. The quantitative estimate of drug-likeness (QED) is 0.498. The molecule has 0 spiro atoms. The summed E-state index contributed by atoms with van der Waals surface area (Å²) in [6.45, 7) is 7.63. The number of hydrogen-bond donors (Lipinski definition) is 1. The summed E-state index contributed by atoms with van der Waals surface area (Å²) in [4.78, 5) is 31.9. The van der Waals surface area contributed by atoms with Gasteiger partial charge in [0.2, 0.25) is 0 Å². The molecule has 0 fully saturated rings. The Morgan fingerprint density at radius 3 is 2.69 bits per heavy atom. The Balaban J connectivity index is 1.56. The van der Waals surface area contributed by atoms with Gasteiger partial charge in [-0.25, -0.2) is 9.79 Å². The number of carbonyl (C=O) groups excluding carboxylic acids is 2. The fourth-order valence-electron chi connectivity index (χ4n) is 4.09. The summed E-state index contributed by atoms with van der Waals surface area (Å²) < 4.78 is 16.7. The number of aliphatic imine (C=N–C) groups is 1. The first-order valence-corrected chi connectivity index (χ1v) is 12.5. The molecule has 1 amide bonds. The van der Waals surface area contributed by atoms with Crippen LogP contribution in [-0.2, 0) is 14.3 Å². The van der Waals surface area contributed by atoms with Crippen LogP contribution in [0.3, 0.4) is 0 Å². The van der Waals surface area contributed by atoms with Crippen LogP contribution in [-0.4, -0.2) is 42.3 Å². The van der Waals surface area contributed by atoms with E-state index < -0.39 is 12.0 Å². The number of amidine groups is 1. The Morgan fingerprint density at radius 2 is 1.94 bits per heavy atom. The second-order valence-electron chi connectivity index (χ2n) is 8.32. The molecule has 9 heteroatoms. The van der Waals surface area contributed by atoms with Crippen LogP contribution < -0.4 is 14.8 Å². The predicted molar refractivity (Wildman–Crippen MR) is 141 cm³/mol. The lowest BCUT2D eigenvalue weighted by Gasteiger charge is -2.33. The van der Waals surface area contributed by atoms with Crippen molar-refractivity contribution in [1.29, 1.82) is 0 Å². The van der Waals surface area contributed by atoms with Crippen molar-refractivity contribution in [3.05, 3.63) is 76.0 Å². The molecule has 0 saturated heterocycles. The van der Waals surface area contributed by atoms with Crippen LogP contribution in [0.5, 0.6) is 11.5 Å². The number of nitrogens with zero attached hydrogens (tertiary/aromatic N) is 2. The van der Waals surface area contributed by atoms with E-state index in [9.17, 15) is 9.59 Å². The number of rotatable bonds is 8. The molecule has 2 aromatic rings. The minimum absolute atomic E-state index is 0.179. The normalized spacial score (nSPS) is 16.4. The summed E-state index contributed by atoms with van der Waals surface area (Å²) in [6, 6.07) is 10.7. The second-order valence-corrected chi connectivity index (χ2v) is 9.19. The van der Waals surface area contributed by atoms with E-state index >= 15 is 0 Å². The average Bonchev–Trinajstić information content (AvgIpc) is 3.32. The summed E-state index contributed by atoms with van der Waals surface area (Å²) in [6.07, 6.45) is 1.90. The third-order valence-electron chi connectivity index (χ3n) is 6.06. The van der Waals surface area contributed by atoms with Crippen LogP contribution >= 0.6 is 11.8 Å². The molecule has 0 radical (unpaired) electrons. The molecule has 36 heavy (non-hydrogen) atoms. The van der Waals surface area contributed by atoms with Gasteiger partial charge in [0.1, 0.15) is 0 Å². The number of anilines is 1. The topological polar surface area (TPSA) is 89.5 Å². The lowest BCUT2D eigenvalue weighted by Crippen LogP contribution is -2.34. The van der Waals surface area contributed by atoms with Gasteiger partial charge in [0.15, 0.2) is 23.3 Å². The highest BCUT2D eigenvalue weighted by molar-refractivity contribution is 8.16. The first-order chi connectivity index (χ1) is 17.3. The number of aryl methyl sites for hydroxylation is 1. The van der Waals surface area contributed by atoms with E-state index in [1.54, 1.807) is 13.0 Å². The third-order valence-corrected chi connectivity index (χ3v) is 6.83. The van der Waals surface area contributed by atoms with Gasteiger partial charge < -0.3 is 24.4 Å². The zero-order valence-corrected chi connectivity index (χ0v) is 21.8. The molecule has 1 atom stereocenters. The minimum Gasteiger partial charge on any atom is -0.493 e. The number of hydrogen-bond acceptors (Lipinski definition) is 8. The molecule has 1 N–H and O–H groups in total. The highest BCUT2D eigenvalue weighted by Gasteiger charge is 2.37. The highest BCUT2D eigenvalue weighted by Crippen LogP contribution is 2.43. The molecule has 0 unspecified atom stereocenters. The summed E-state index contributed by atoms with van der Waals surface area (Å²) >= 11 is 1.49. The minimum atomic E-state index is -0.432. The van der Waals surface area contributed by atoms with E-state index in [4.69, 9.17) is 14.2 Å². The van der Waals surface area contributed by atoms with Crippen molar-refractivity contribution in [3.63, 3.8) is 0 Å². The summed E-state index contributed by atoms with van der Waals surface area (Å²) in [5, 5.41) is 5.60. The first-order valence-electron chi connectivity index (χ1n) is 11.6. The fourth-order valence-corrected chi connectivity index (χ4v) is 4.88. The maximum absolute atomic E-state index is 12.9. The van der Waals surface area contributed by atoms with E-state index in [1.807, 2.05) is 67.6 Å². The second kappa shape index (κ2) is 10.9. The monoisotopic (exact) mass is 507 g/mol. The number of fused-ring (bicyclic) bond motifs is 1. The van der Waals surface area contributed by atoms with Crippen molar-refractivity contribution in [1.82, 2.24) is 4.90 Å².